The Morgan fingerprint density at radius 2 is 1.17 bits per heavy atom. The van der Waals surface area contributed by atoms with E-state index in [1.165, 1.54) is 83.5 Å². The Morgan fingerprint density at radius 3 is 1.75 bits per heavy atom. The molecule has 0 aliphatic heterocycles. The monoisotopic (exact) mass is 342 g/mol. The largest absolute Gasteiger partial charge is 0.396 e. The van der Waals surface area contributed by atoms with Crippen LogP contribution in [0.15, 0.2) is 0 Å². The molecular weight excluding hydrogens is 296 g/mol. The van der Waals surface area contributed by atoms with E-state index in [0.717, 1.165) is 31.5 Å². The van der Waals surface area contributed by atoms with Crippen LogP contribution in [0, 0.1) is 11.8 Å². The molecular formula is C22H46O2. The molecule has 0 aliphatic rings. The van der Waals surface area contributed by atoms with Gasteiger partial charge in [0, 0.05) is 19.8 Å². The van der Waals surface area contributed by atoms with Crippen molar-refractivity contribution in [3.8, 4) is 0 Å². The predicted molar refractivity (Wildman–Crippen MR) is 107 cm³/mol. The molecule has 0 radical (unpaired) electrons. The second-order valence-electron chi connectivity index (χ2n) is 7.88. The van der Waals surface area contributed by atoms with Crippen molar-refractivity contribution in [1.82, 2.24) is 0 Å². The van der Waals surface area contributed by atoms with Crippen molar-refractivity contribution >= 4 is 0 Å². The number of rotatable bonds is 19. The first kappa shape index (κ1) is 23.9. The van der Waals surface area contributed by atoms with Gasteiger partial charge in [0.05, 0.1) is 0 Å². The van der Waals surface area contributed by atoms with Crippen LogP contribution in [-0.4, -0.2) is 24.9 Å². The van der Waals surface area contributed by atoms with Gasteiger partial charge in [-0.15, -0.1) is 0 Å². The summed E-state index contributed by atoms with van der Waals surface area (Å²) in [7, 11) is 0. The third-order valence-electron chi connectivity index (χ3n) is 5.15. The summed E-state index contributed by atoms with van der Waals surface area (Å²) in [6.07, 6.45) is 18.2. The summed E-state index contributed by atoms with van der Waals surface area (Å²) in [4.78, 5) is 0. The minimum atomic E-state index is 0.358. The summed E-state index contributed by atoms with van der Waals surface area (Å²) >= 11 is 0. The molecule has 0 aromatic heterocycles. The lowest BCUT2D eigenvalue weighted by Crippen LogP contribution is -2.03. The molecule has 1 N–H and O–H groups in total. The zero-order valence-electron chi connectivity index (χ0n) is 17.0. The summed E-state index contributed by atoms with van der Waals surface area (Å²) in [6, 6.07) is 0. The van der Waals surface area contributed by atoms with E-state index in [1.54, 1.807) is 0 Å². The average Bonchev–Trinajstić information content (AvgIpc) is 2.57. The lowest BCUT2D eigenvalue weighted by atomic mass is 9.95. The Balaban J connectivity index is 3.26. The van der Waals surface area contributed by atoms with E-state index in [1.807, 2.05) is 0 Å². The quantitative estimate of drug-likeness (QED) is 0.263. The van der Waals surface area contributed by atoms with Gasteiger partial charge >= 0.3 is 0 Å². The second-order valence-corrected chi connectivity index (χ2v) is 7.88. The molecule has 0 aromatic carbocycles. The van der Waals surface area contributed by atoms with E-state index in [2.05, 4.69) is 20.8 Å². The minimum absolute atomic E-state index is 0.358. The van der Waals surface area contributed by atoms with Gasteiger partial charge < -0.3 is 9.84 Å². The third-order valence-corrected chi connectivity index (χ3v) is 5.15. The van der Waals surface area contributed by atoms with Gasteiger partial charge in [0.2, 0.25) is 0 Å². The van der Waals surface area contributed by atoms with Gasteiger partial charge in [0.15, 0.2) is 0 Å². The van der Waals surface area contributed by atoms with Crippen LogP contribution in [-0.2, 0) is 4.74 Å². The van der Waals surface area contributed by atoms with Crippen LogP contribution in [0.25, 0.3) is 0 Å². The zero-order valence-corrected chi connectivity index (χ0v) is 17.0. The Bertz CT molecular complexity index is 230. The minimum Gasteiger partial charge on any atom is -0.396 e. The molecule has 2 nitrogen and oxygen atoms in total. The molecule has 0 aliphatic carbocycles. The summed E-state index contributed by atoms with van der Waals surface area (Å²) < 4.78 is 5.75. The summed E-state index contributed by atoms with van der Waals surface area (Å²) in [5.74, 6) is 1.68. The number of unbranched alkanes of at least 4 members (excludes halogenated alkanes) is 7. The molecule has 0 rings (SSSR count). The lowest BCUT2D eigenvalue weighted by Gasteiger charge is -2.13. The highest BCUT2D eigenvalue weighted by atomic mass is 16.5. The Labute approximate surface area is 152 Å². The average molecular weight is 343 g/mol. The van der Waals surface area contributed by atoms with Gasteiger partial charge in [0.25, 0.3) is 0 Å². The van der Waals surface area contributed by atoms with Crippen molar-refractivity contribution in [1.29, 1.82) is 0 Å². The van der Waals surface area contributed by atoms with E-state index in [9.17, 15) is 0 Å². The predicted octanol–water partition coefficient (Wildman–Crippen LogP) is 6.75. The molecule has 2 atom stereocenters. The molecule has 2 unspecified atom stereocenters. The number of aliphatic hydroxyl groups is 1. The van der Waals surface area contributed by atoms with E-state index in [0.29, 0.717) is 6.61 Å². The molecule has 0 amide bonds. The molecule has 0 spiro atoms. The summed E-state index contributed by atoms with van der Waals surface area (Å²) in [6.45, 7) is 9.30. The topological polar surface area (TPSA) is 29.5 Å². The van der Waals surface area contributed by atoms with E-state index in [4.69, 9.17) is 9.84 Å². The van der Waals surface area contributed by atoms with Gasteiger partial charge in [-0.05, 0) is 31.1 Å². The summed E-state index contributed by atoms with van der Waals surface area (Å²) in [5.41, 5.74) is 0. The van der Waals surface area contributed by atoms with Crippen LogP contribution in [0.4, 0.5) is 0 Å². The molecule has 146 valence electrons. The normalized spacial score (nSPS) is 14.0. The Kier molecular flexibility index (Phi) is 19.2. The fourth-order valence-electron chi connectivity index (χ4n) is 3.25. The van der Waals surface area contributed by atoms with Gasteiger partial charge in [0.1, 0.15) is 0 Å². The zero-order chi connectivity index (χ0) is 17.9. The Hall–Kier alpha value is -0.0800. The molecule has 0 saturated carbocycles. The van der Waals surface area contributed by atoms with Crippen LogP contribution in [0.3, 0.4) is 0 Å². The molecule has 24 heavy (non-hydrogen) atoms. The fraction of sp³-hybridized carbons (Fsp3) is 1.00. The Morgan fingerprint density at radius 1 is 0.625 bits per heavy atom. The smallest absolute Gasteiger partial charge is 0.0468 e. The number of aliphatic hydroxyl groups excluding tert-OH is 1. The van der Waals surface area contributed by atoms with Crippen LogP contribution in [0.5, 0.6) is 0 Å². The van der Waals surface area contributed by atoms with Crippen LogP contribution >= 0.6 is 0 Å². The van der Waals surface area contributed by atoms with Crippen molar-refractivity contribution in [3.63, 3.8) is 0 Å². The highest BCUT2D eigenvalue weighted by Gasteiger charge is 2.04. The van der Waals surface area contributed by atoms with E-state index < -0.39 is 0 Å². The van der Waals surface area contributed by atoms with E-state index >= 15 is 0 Å². The van der Waals surface area contributed by atoms with Gasteiger partial charge in [-0.1, -0.05) is 91.4 Å². The maximum Gasteiger partial charge on any atom is 0.0468 e. The standard InChI is InChI=1S/C22H46O2/c1-4-5-6-13-19-24-20-17-22(3)16-10-7-9-14-21(2)15-11-8-12-18-23/h21-23H,4-20H2,1-3H3. The van der Waals surface area contributed by atoms with Crippen molar-refractivity contribution < 1.29 is 9.84 Å². The SMILES string of the molecule is CCCCCCOCCC(C)CCCCCC(C)CCCCCO. The molecule has 0 fully saturated rings. The highest BCUT2D eigenvalue weighted by Crippen LogP contribution is 2.19. The number of hydrogen-bond donors (Lipinski definition) is 1. The molecule has 0 heterocycles. The molecule has 0 saturated heterocycles. The highest BCUT2D eigenvalue weighted by molar-refractivity contribution is 4.57. The number of hydrogen-bond acceptors (Lipinski definition) is 2. The summed E-state index contributed by atoms with van der Waals surface area (Å²) in [5, 5.41) is 8.78. The third kappa shape index (κ3) is 18.3. The number of ether oxygens (including phenoxy) is 1. The lowest BCUT2D eigenvalue weighted by molar-refractivity contribution is 0.116. The second kappa shape index (κ2) is 19.2. The maximum atomic E-state index is 8.78. The van der Waals surface area contributed by atoms with Crippen molar-refractivity contribution in [2.24, 2.45) is 11.8 Å². The first-order valence-electron chi connectivity index (χ1n) is 10.9. The first-order valence-corrected chi connectivity index (χ1v) is 10.9. The maximum absolute atomic E-state index is 8.78. The first-order chi connectivity index (χ1) is 11.7. The van der Waals surface area contributed by atoms with Gasteiger partial charge in [-0.25, -0.2) is 0 Å². The van der Waals surface area contributed by atoms with Gasteiger partial charge in [-0.3, -0.25) is 0 Å². The van der Waals surface area contributed by atoms with E-state index in [-0.39, 0.29) is 0 Å². The molecule has 0 bridgehead atoms. The van der Waals surface area contributed by atoms with Crippen LogP contribution < -0.4 is 0 Å². The van der Waals surface area contributed by atoms with Crippen molar-refractivity contribution in [2.75, 3.05) is 19.8 Å². The molecule has 0 aromatic rings. The van der Waals surface area contributed by atoms with Crippen molar-refractivity contribution in [3.05, 3.63) is 0 Å². The van der Waals surface area contributed by atoms with Crippen LogP contribution in [0.2, 0.25) is 0 Å². The van der Waals surface area contributed by atoms with Crippen LogP contribution in [0.1, 0.15) is 111 Å². The van der Waals surface area contributed by atoms with Gasteiger partial charge in [-0.2, -0.15) is 0 Å². The fourth-order valence-corrected chi connectivity index (χ4v) is 3.25. The van der Waals surface area contributed by atoms with Crippen molar-refractivity contribution in [2.45, 2.75) is 111 Å². The molecule has 2 heteroatoms.